The predicted molar refractivity (Wildman–Crippen MR) is 132 cm³/mol. The van der Waals surface area contributed by atoms with Crippen LogP contribution in [0.1, 0.15) is 45.6 Å². The summed E-state index contributed by atoms with van der Waals surface area (Å²) in [6.45, 7) is 7.32. The van der Waals surface area contributed by atoms with Crippen molar-refractivity contribution in [1.82, 2.24) is 10.2 Å². The number of nitrogens with zero attached hydrogens (tertiary/aromatic N) is 1. The van der Waals surface area contributed by atoms with Gasteiger partial charge in [-0.3, -0.25) is 9.59 Å². The van der Waals surface area contributed by atoms with Crippen molar-refractivity contribution in [3.63, 3.8) is 0 Å². The van der Waals surface area contributed by atoms with Crippen LogP contribution in [0.5, 0.6) is 11.5 Å². The van der Waals surface area contributed by atoms with Crippen LogP contribution in [0.25, 0.3) is 0 Å². The molecule has 0 bridgehead atoms. The minimum Gasteiger partial charge on any atom is -0.497 e. The van der Waals surface area contributed by atoms with Gasteiger partial charge in [0.1, 0.15) is 17.5 Å². The number of ether oxygens (including phenoxy) is 2. The smallest absolute Gasteiger partial charge is 0.242 e. The monoisotopic (exact) mass is 474 g/mol. The molecule has 0 unspecified atom stereocenters. The van der Waals surface area contributed by atoms with Crippen LogP contribution in [-0.2, 0) is 16.1 Å². The van der Waals surface area contributed by atoms with Crippen molar-refractivity contribution in [3.8, 4) is 11.5 Å². The highest BCUT2D eigenvalue weighted by Crippen LogP contribution is 2.19. The van der Waals surface area contributed by atoms with Crippen LogP contribution >= 0.6 is 11.6 Å². The summed E-state index contributed by atoms with van der Waals surface area (Å²) in [4.78, 5) is 27.8. The first kappa shape index (κ1) is 26.5. The van der Waals surface area contributed by atoms with Gasteiger partial charge in [0.25, 0.3) is 0 Å². The normalized spacial score (nSPS) is 11.7. The summed E-state index contributed by atoms with van der Waals surface area (Å²) in [7, 11) is 1.61. The largest absolute Gasteiger partial charge is 0.497 e. The number of halogens is 1. The van der Waals surface area contributed by atoms with E-state index in [1.807, 2.05) is 45.0 Å². The molecule has 6 nitrogen and oxygen atoms in total. The summed E-state index contributed by atoms with van der Waals surface area (Å²) in [5.74, 6) is 1.55. The zero-order valence-electron chi connectivity index (χ0n) is 20.0. The third-order valence-corrected chi connectivity index (χ3v) is 5.43. The summed E-state index contributed by atoms with van der Waals surface area (Å²) in [5, 5.41) is 3.62. The predicted octanol–water partition coefficient (Wildman–Crippen LogP) is 5.09. The van der Waals surface area contributed by atoms with E-state index in [1.54, 1.807) is 36.3 Å². The Morgan fingerprint density at radius 2 is 1.82 bits per heavy atom. The summed E-state index contributed by atoms with van der Waals surface area (Å²) in [6.07, 6.45) is 1.35. The fourth-order valence-electron chi connectivity index (χ4n) is 3.40. The quantitative estimate of drug-likeness (QED) is 0.411. The lowest BCUT2D eigenvalue weighted by molar-refractivity contribution is -0.141. The number of nitrogens with one attached hydrogen (secondary N) is 1. The molecule has 0 spiro atoms. The maximum Gasteiger partial charge on any atom is 0.242 e. The van der Waals surface area contributed by atoms with Gasteiger partial charge < -0.3 is 19.7 Å². The Kier molecular flexibility index (Phi) is 11.0. The van der Waals surface area contributed by atoms with E-state index in [4.69, 9.17) is 21.1 Å². The lowest BCUT2D eigenvalue weighted by Crippen LogP contribution is -2.49. The van der Waals surface area contributed by atoms with Crippen LogP contribution in [0.4, 0.5) is 0 Å². The molecule has 0 aromatic heterocycles. The Bertz CT molecular complexity index is 886. The Morgan fingerprint density at radius 3 is 2.45 bits per heavy atom. The summed E-state index contributed by atoms with van der Waals surface area (Å²) in [6, 6.07) is 14.1. The lowest BCUT2D eigenvalue weighted by atomic mass is 10.1. The first-order valence-electron chi connectivity index (χ1n) is 11.4. The number of carbonyl (C=O) groups excluding carboxylic acids is 2. The van der Waals surface area contributed by atoms with Gasteiger partial charge in [-0.05, 0) is 60.7 Å². The average molecular weight is 475 g/mol. The van der Waals surface area contributed by atoms with Gasteiger partial charge in [-0.25, -0.2) is 0 Å². The standard InChI is InChI=1S/C26H35ClN2O4/c1-5-24(26(31)28-17-19(2)3)29(18-20-8-6-9-23(16-20)32-4)25(30)10-7-15-33-22-13-11-21(27)12-14-22/h6,8-9,11-14,16,19,24H,5,7,10,15,17-18H2,1-4H3,(H,28,31)/t24-/m0/s1. The fourth-order valence-corrected chi connectivity index (χ4v) is 3.52. The van der Waals surface area contributed by atoms with Crippen LogP contribution in [0.2, 0.25) is 5.02 Å². The summed E-state index contributed by atoms with van der Waals surface area (Å²) < 4.78 is 11.0. The van der Waals surface area contributed by atoms with E-state index in [2.05, 4.69) is 5.32 Å². The number of methoxy groups -OCH3 is 1. The second-order valence-corrected chi connectivity index (χ2v) is 8.78. The van der Waals surface area contributed by atoms with Gasteiger partial charge in [0.15, 0.2) is 0 Å². The molecule has 2 aromatic rings. The molecule has 1 atom stereocenters. The Labute approximate surface area is 202 Å². The number of hydrogen-bond acceptors (Lipinski definition) is 4. The van der Waals surface area contributed by atoms with E-state index in [1.165, 1.54) is 0 Å². The van der Waals surface area contributed by atoms with Gasteiger partial charge in [0.05, 0.1) is 13.7 Å². The minimum atomic E-state index is -0.542. The number of rotatable bonds is 13. The zero-order valence-corrected chi connectivity index (χ0v) is 20.7. The van der Waals surface area contributed by atoms with Crippen LogP contribution in [-0.4, -0.2) is 43.0 Å². The van der Waals surface area contributed by atoms with E-state index in [0.29, 0.717) is 55.0 Å². The second kappa shape index (κ2) is 13.7. The Hall–Kier alpha value is -2.73. The molecule has 0 radical (unpaired) electrons. The van der Waals surface area contributed by atoms with E-state index >= 15 is 0 Å². The van der Waals surface area contributed by atoms with E-state index in [0.717, 1.165) is 5.56 Å². The number of carbonyl (C=O) groups is 2. The van der Waals surface area contributed by atoms with E-state index in [9.17, 15) is 9.59 Å². The molecular weight excluding hydrogens is 440 g/mol. The van der Waals surface area contributed by atoms with Crippen LogP contribution < -0.4 is 14.8 Å². The van der Waals surface area contributed by atoms with Gasteiger partial charge >= 0.3 is 0 Å². The first-order chi connectivity index (χ1) is 15.8. The second-order valence-electron chi connectivity index (χ2n) is 8.34. The SMILES string of the molecule is CC[C@@H](C(=O)NCC(C)C)N(Cc1cccc(OC)c1)C(=O)CCCOc1ccc(Cl)cc1. The molecule has 0 saturated heterocycles. The minimum absolute atomic E-state index is 0.0796. The van der Waals surface area contributed by atoms with Crippen molar-refractivity contribution < 1.29 is 19.1 Å². The maximum absolute atomic E-state index is 13.2. The Balaban J connectivity index is 2.07. The summed E-state index contributed by atoms with van der Waals surface area (Å²) >= 11 is 5.90. The molecule has 0 aliphatic rings. The van der Waals surface area contributed by atoms with Crippen LogP contribution in [0, 0.1) is 5.92 Å². The van der Waals surface area contributed by atoms with Crippen molar-refractivity contribution in [2.75, 3.05) is 20.3 Å². The highest BCUT2D eigenvalue weighted by molar-refractivity contribution is 6.30. The van der Waals surface area contributed by atoms with Gasteiger partial charge in [-0.1, -0.05) is 44.5 Å². The number of benzene rings is 2. The zero-order chi connectivity index (χ0) is 24.2. The third kappa shape index (κ3) is 8.97. The molecule has 0 saturated carbocycles. The van der Waals surface area contributed by atoms with Crippen molar-refractivity contribution in [3.05, 3.63) is 59.1 Å². The molecule has 2 aromatic carbocycles. The lowest BCUT2D eigenvalue weighted by Gasteiger charge is -2.31. The van der Waals surface area contributed by atoms with E-state index < -0.39 is 6.04 Å². The van der Waals surface area contributed by atoms with Crippen LogP contribution in [0.3, 0.4) is 0 Å². The number of hydrogen-bond donors (Lipinski definition) is 1. The highest BCUT2D eigenvalue weighted by atomic mass is 35.5. The van der Waals surface area contributed by atoms with Crippen molar-refractivity contribution in [2.45, 2.75) is 52.6 Å². The average Bonchev–Trinajstić information content (AvgIpc) is 2.81. The van der Waals surface area contributed by atoms with Gasteiger partial charge in [-0.2, -0.15) is 0 Å². The Morgan fingerprint density at radius 1 is 1.09 bits per heavy atom. The van der Waals surface area contributed by atoms with Gasteiger partial charge in [0.2, 0.25) is 11.8 Å². The molecule has 2 amide bonds. The molecule has 2 rings (SSSR count). The molecule has 33 heavy (non-hydrogen) atoms. The topological polar surface area (TPSA) is 67.9 Å². The molecule has 0 fully saturated rings. The molecule has 0 aliphatic carbocycles. The summed E-state index contributed by atoms with van der Waals surface area (Å²) in [5.41, 5.74) is 0.912. The highest BCUT2D eigenvalue weighted by Gasteiger charge is 2.28. The molecule has 0 heterocycles. The van der Waals surface area contributed by atoms with Crippen LogP contribution in [0.15, 0.2) is 48.5 Å². The van der Waals surface area contributed by atoms with Gasteiger partial charge in [0, 0.05) is 24.5 Å². The third-order valence-electron chi connectivity index (χ3n) is 5.17. The first-order valence-corrected chi connectivity index (χ1v) is 11.8. The van der Waals surface area contributed by atoms with Crippen molar-refractivity contribution in [2.24, 2.45) is 5.92 Å². The maximum atomic E-state index is 13.2. The molecule has 180 valence electrons. The fraction of sp³-hybridized carbons (Fsp3) is 0.462. The molecule has 0 aliphatic heterocycles. The molecular formula is C26H35ClN2O4. The van der Waals surface area contributed by atoms with Crippen molar-refractivity contribution in [1.29, 1.82) is 0 Å². The molecule has 7 heteroatoms. The van der Waals surface area contributed by atoms with Crippen molar-refractivity contribution >= 4 is 23.4 Å². The number of amides is 2. The van der Waals surface area contributed by atoms with E-state index in [-0.39, 0.29) is 18.2 Å². The molecule has 1 N–H and O–H groups in total. The van der Waals surface area contributed by atoms with Gasteiger partial charge in [-0.15, -0.1) is 0 Å².